The first-order valence-corrected chi connectivity index (χ1v) is 7.39. The van der Waals surface area contributed by atoms with Gasteiger partial charge in [-0.05, 0) is 67.6 Å². The maximum Gasteiger partial charge on any atom is 0.139 e. The van der Waals surface area contributed by atoms with Gasteiger partial charge in [0, 0.05) is 11.8 Å². The van der Waals surface area contributed by atoms with E-state index in [9.17, 15) is 5.11 Å². The average Bonchev–Trinajstić information content (AvgIpc) is 2.82. The van der Waals surface area contributed by atoms with Crippen LogP contribution in [0.25, 0.3) is 16.9 Å². The molecule has 0 radical (unpaired) electrons. The number of aliphatic hydroxyl groups excluding tert-OH is 1. The Morgan fingerprint density at radius 1 is 1.09 bits per heavy atom. The summed E-state index contributed by atoms with van der Waals surface area (Å²) in [5.41, 5.74) is 14.8. The Kier molecular flexibility index (Phi) is 3.41. The molecule has 0 amide bonds. The second kappa shape index (κ2) is 5.14. The molecule has 0 aliphatic carbocycles. The predicted octanol–water partition coefficient (Wildman–Crippen LogP) is 3.31. The molecule has 0 atom stereocenters. The number of hydrogen-bond donors (Lipinski definition) is 2. The number of nitrogen functional groups attached to an aromatic ring is 1. The van der Waals surface area contributed by atoms with E-state index in [2.05, 4.69) is 33.8 Å². The number of benzene rings is 1. The third kappa shape index (κ3) is 2.07. The first-order chi connectivity index (χ1) is 10.4. The highest BCUT2D eigenvalue weighted by Gasteiger charge is 2.18. The fourth-order valence-corrected chi connectivity index (χ4v) is 2.96. The lowest BCUT2D eigenvalue weighted by molar-refractivity contribution is 0.282. The molecule has 0 saturated heterocycles. The smallest absolute Gasteiger partial charge is 0.139 e. The summed E-state index contributed by atoms with van der Waals surface area (Å²) >= 11 is 0. The zero-order valence-electron chi connectivity index (χ0n) is 13.4. The van der Waals surface area contributed by atoms with E-state index in [0.717, 1.165) is 22.5 Å². The number of pyridine rings is 1. The minimum absolute atomic E-state index is 0.000205. The van der Waals surface area contributed by atoms with E-state index < -0.39 is 0 Å². The number of aromatic nitrogens is 2. The molecule has 3 aromatic rings. The van der Waals surface area contributed by atoms with Crippen molar-refractivity contribution in [1.29, 1.82) is 0 Å². The van der Waals surface area contributed by atoms with Gasteiger partial charge in [-0.25, -0.2) is 4.98 Å². The van der Waals surface area contributed by atoms with E-state index in [4.69, 9.17) is 10.7 Å². The highest BCUT2D eigenvalue weighted by molar-refractivity contribution is 5.80. The standard InChI is InChI=1S/C18H21N3O/c1-10-7-11(2)13(4)16(12(10)3)17-18(19)21-6-5-14(9-22)8-15(21)20-17/h5-8,22H,9,19H2,1-4H3. The van der Waals surface area contributed by atoms with Gasteiger partial charge in [0.05, 0.1) is 6.61 Å². The van der Waals surface area contributed by atoms with Gasteiger partial charge in [0.15, 0.2) is 0 Å². The molecule has 4 heteroatoms. The Morgan fingerprint density at radius 3 is 2.32 bits per heavy atom. The number of anilines is 1. The average molecular weight is 295 g/mol. The molecular formula is C18H21N3O. The number of rotatable bonds is 2. The molecule has 4 nitrogen and oxygen atoms in total. The predicted molar refractivity (Wildman–Crippen MR) is 89.9 cm³/mol. The van der Waals surface area contributed by atoms with Gasteiger partial charge in [-0.15, -0.1) is 0 Å². The van der Waals surface area contributed by atoms with E-state index in [-0.39, 0.29) is 6.61 Å². The molecule has 0 saturated carbocycles. The van der Waals surface area contributed by atoms with Gasteiger partial charge in [0.25, 0.3) is 0 Å². The molecule has 0 aliphatic heterocycles. The van der Waals surface area contributed by atoms with Crippen molar-refractivity contribution in [2.24, 2.45) is 0 Å². The summed E-state index contributed by atoms with van der Waals surface area (Å²) < 4.78 is 1.87. The molecule has 1 aromatic carbocycles. The summed E-state index contributed by atoms with van der Waals surface area (Å²) in [5, 5.41) is 9.28. The van der Waals surface area contributed by atoms with Crippen molar-refractivity contribution in [2.45, 2.75) is 34.3 Å². The van der Waals surface area contributed by atoms with Gasteiger partial charge in [-0.3, -0.25) is 4.40 Å². The van der Waals surface area contributed by atoms with E-state index in [0.29, 0.717) is 5.82 Å². The first-order valence-electron chi connectivity index (χ1n) is 7.39. The normalized spacial score (nSPS) is 11.3. The van der Waals surface area contributed by atoms with E-state index in [1.807, 2.05) is 22.7 Å². The van der Waals surface area contributed by atoms with Gasteiger partial charge in [0.1, 0.15) is 17.2 Å². The second-order valence-corrected chi connectivity index (χ2v) is 5.90. The summed E-state index contributed by atoms with van der Waals surface area (Å²) in [6.45, 7) is 8.45. The molecule has 114 valence electrons. The molecule has 0 fully saturated rings. The maximum absolute atomic E-state index is 9.28. The Bertz CT molecular complexity index is 852. The zero-order chi connectivity index (χ0) is 16.0. The highest BCUT2D eigenvalue weighted by atomic mass is 16.3. The van der Waals surface area contributed by atoms with Gasteiger partial charge >= 0.3 is 0 Å². The van der Waals surface area contributed by atoms with Crippen molar-refractivity contribution in [3.8, 4) is 11.3 Å². The lowest BCUT2D eigenvalue weighted by Gasteiger charge is -2.14. The van der Waals surface area contributed by atoms with Crippen LogP contribution in [0.5, 0.6) is 0 Å². The lowest BCUT2D eigenvalue weighted by atomic mass is 9.92. The van der Waals surface area contributed by atoms with Crippen molar-refractivity contribution in [2.75, 3.05) is 5.73 Å². The van der Waals surface area contributed by atoms with Crippen LogP contribution in [0.1, 0.15) is 27.8 Å². The van der Waals surface area contributed by atoms with Crippen LogP contribution in [-0.2, 0) is 6.61 Å². The number of imidazole rings is 1. The molecule has 0 aliphatic rings. The maximum atomic E-state index is 9.28. The Morgan fingerprint density at radius 2 is 1.73 bits per heavy atom. The number of nitrogens with two attached hydrogens (primary N) is 1. The van der Waals surface area contributed by atoms with Crippen molar-refractivity contribution >= 4 is 11.5 Å². The van der Waals surface area contributed by atoms with Gasteiger partial charge in [-0.1, -0.05) is 6.07 Å². The summed E-state index contributed by atoms with van der Waals surface area (Å²) in [6.07, 6.45) is 1.86. The first kappa shape index (κ1) is 14.6. The van der Waals surface area contributed by atoms with Crippen LogP contribution >= 0.6 is 0 Å². The lowest BCUT2D eigenvalue weighted by Crippen LogP contribution is -1.99. The van der Waals surface area contributed by atoms with E-state index in [1.165, 1.54) is 22.3 Å². The van der Waals surface area contributed by atoms with Crippen LogP contribution < -0.4 is 5.73 Å². The Balaban J connectivity index is 2.34. The molecule has 2 heterocycles. The van der Waals surface area contributed by atoms with Crippen LogP contribution in [-0.4, -0.2) is 14.5 Å². The van der Waals surface area contributed by atoms with Crippen LogP contribution in [0.4, 0.5) is 5.82 Å². The third-order valence-electron chi connectivity index (χ3n) is 4.51. The third-order valence-corrected chi connectivity index (χ3v) is 4.51. The number of hydrogen-bond acceptors (Lipinski definition) is 3. The summed E-state index contributed by atoms with van der Waals surface area (Å²) in [4.78, 5) is 4.72. The molecule has 3 rings (SSSR count). The second-order valence-electron chi connectivity index (χ2n) is 5.90. The van der Waals surface area contributed by atoms with Crippen LogP contribution in [0.15, 0.2) is 24.4 Å². The molecule has 22 heavy (non-hydrogen) atoms. The molecule has 3 N–H and O–H groups in total. The molecule has 0 unspecified atom stereocenters. The van der Waals surface area contributed by atoms with Crippen LogP contribution in [0.3, 0.4) is 0 Å². The fourth-order valence-electron chi connectivity index (χ4n) is 2.96. The number of aryl methyl sites for hydroxylation is 2. The quantitative estimate of drug-likeness (QED) is 0.762. The van der Waals surface area contributed by atoms with Gasteiger partial charge in [0.2, 0.25) is 0 Å². The van der Waals surface area contributed by atoms with Crippen molar-refractivity contribution in [3.63, 3.8) is 0 Å². The number of nitrogens with zero attached hydrogens (tertiary/aromatic N) is 2. The van der Waals surface area contributed by atoms with E-state index >= 15 is 0 Å². The Hall–Kier alpha value is -2.33. The Labute approximate surface area is 130 Å². The summed E-state index contributed by atoms with van der Waals surface area (Å²) in [5.74, 6) is 0.635. The number of fused-ring (bicyclic) bond motifs is 1. The minimum Gasteiger partial charge on any atom is -0.392 e. The van der Waals surface area contributed by atoms with Crippen molar-refractivity contribution in [1.82, 2.24) is 9.38 Å². The minimum atomic E-state index is 0.000205. The topological polar surface area (TPSA) is 63.5 Å². The van der Waals surface area contributed by atoms with Crippen molar-refractivity contribution < 1.29 is 5.11 Å². The highest BCUT2D eigenvalue weighted by Crippen LogP contribution is 2.34. The van der Waals surface area contributed by atoms with Crippen LogP contribution in [0.2, 0.25) is 0 Å². The molecule has 2 aromatic heterocycles. The zero-order valence-corrected chi connectivity index (χ0v) is 13.4. The molecule has 0 spiro atoms. The largest absolute Gasteiger partial charge is 0.392 e. The van der Waals surface area contributed by atoms with Gasteiger partial charge < -0.3 is 10.8 Å². The van der Waals surface area contributed by atoms with Crippen LogP contribution in [0, 0.1) is 27.7 Å². The molecular weight excluding hydrogens is 274 g/mol. The van der Waals surface area contributed by atoms with E-state index in [1.54, 1.807) is 0 Å². The summed E-state index contributed by atoms with van der Waals surface area (Å²) in [7, 11) is 0. The summed E-state index contributed by atoms with van der Waals surface area (Å²) in [6, 6.07) is 5.92. The fraction of sp³-hybridized carbons (Fsp3) is 0.278. The van der Waals surface area contributed by atoms with Gasteiger partial charge in [-0.2, -0.15) is 0 Å². The molecule has 0 bridgehead atoms. The SMILES string of the molecule is Cc1cc(C)c(C)c(-c2nc3cc(CO)ccn3c2N)c1C. The monoisotopic (exact) mass is 295 g/mol. The number of aliphatic hydroxyl groups is 1. The van der Waals surface area contributed by atoms with Crippen molar-refractivity contribution in [3.05, 3.63) is 52.2 Å².